The number of amides is 4. The van der Waals surface area contributed by atoms with Crippen LogP contribution in [0.2, 0.25) is 0 Å². The maximum Gasteiger partial charge on any atom is 0.321 e. The van der Waals surface area contributed by atoms with Crippen molar-refractivity contribution in [1.82, 2.24) is 19.8 Å². The van der Waals surface area contributed by atoms with Gasteiger partial charge in [0.15, 0.2) is 0 Å². The van der Waals surface area contributed by atoms with E-state index in [1.165, 1.54) is 47.0 Å². The number of benzene rings is 1. The first-order valence-electron chi connectivity index (χ1n) is 11.9. The van der Waals surface area contributed by atoms with Crippen molar-refractivity contribution < 1.29 is 22.8 Å². The monoisotopic (exact) mass is 533 g/mol. The molecule has 36 heavy (non-hydrogen) atoms. The van der Waals surface area contributed by atoms with E-state index in [2.05, 4.69) is 27.8 Å². The topological polar surface area (TPSA) is 128 Å². The molecule has 1 saturated heterocycles. The van der Waals surface area contributed by atoms with E-state index >= 15 is 0 Å². The van der Waals surface area contributed by atoms with Crippen molar-refractivity contribution in [3.8, 4) is 0 Å². The second-order valence-electron chi connectivity index (χ2n) is 9.29. The molecule has 0 atom stereocenters. The van der Waals surface area contributed by atoms with Crippen LogP contribution in [-0.4, -0.2) is 69.2 Å². The molecule has 12 heteroatoms. The quantitative estimate of drug-likeness (QED) is 0.542. The fourth-order valence-electron chi connectivity index (χ4n) is 4.42. The molecule has 0 aliphatic carbocycles. The molecule has 0 saturated carbocycles. The number of fused-ring (bicyclic) bond motifs is 1. The first-order valence-corrected chi connectivity index (χ1v) is 14.1. The zero-order valence-electron chi connectivity index (χ0n) is 20.6. The van der Waals surface area contributed by atoms with Crippen molar-refractivity contribution in [2.75, 3.05) is 39.0 Å². The van der Waals surface area contributed by atoms with E-state index in [9.17, 15) is 22.8 Å². The molecule has 3 heterocycles. The lowest BCUT2D eigenvalue weighted by Gasteiger charge is -2.29. The Hall–Kier alpha value is -2.80. The largest absolute Gasteiger partial charge is 0.341 e. The number of carbonyl (C=O) groups excluding carboxylic acids is 3. The van der Waals surface area contributed by atoms with Crippen LogP contribution in [0.4, 0.5) is 9.80 Å². The van der Waals surface area contributed by atoms with Gasteiger partial charge in [0.1, 0.15) is 5.00 Å². The average molecular weight is 534 g/mol. The highest BCUT2D eigenvalue weighted by atomic mass is 32.2. The summed E-state index contributed by atoms with van der Waals surface area (Å²) < 4.78 is 27.5. The molecule has 0 unspecified atom stereocenters. The predicted octanol–water partition coefficient (Wildman–Crippen LogP) is 2.48. The summed E-state index contributed by atoms with van der Waals surface area (Å²) in [6, 6.07) is 5.19. The molecule has 1 fully saturated rings. The van der Waals surface area contributed by atoms with Gasteiger partial charge >= 0.3 is 6.03 Å². The number of thiophene rings is 1. The Kier molecular flexibility index (Phi) is 7.79. The van der Waals surface area contributed by atoms with E-state index in [0.29, 0.717) is 42.5 Å². The van der Waals surface area contributed by atoms with Gasteiger partial charge in [0, 0.05) is 43.7 Å². The lowest BCUT2D eigenvalue weighted by atomic mass is 10.0. The highest BCUT2D eigenvalue weighted by Crippen LogP contribution is 2.37. The summed E-state index contributed by atoms with van der Waals surface area (Å²) in [5.74, 6) is -0.537. The third-order valence-electron chi connectivity index (χ3n) is 6.65. The standard InChI is InChI=1S/C24H31N5O5S2/c1-15-8-12-29(13-9-15)36(33,34)17-6-4-16(5-7-17)21(30)26-23-20(22(31)27-24(32)25-2)18-10-11-28(3)14-19(18)35-23/h4-7,15H,8-14H2,1-3H3,(H,26,30)(H2,25,27,31,32). The molecule has 1 aromatic heterocycles. The third kappa shape index (κ3) is 5.46. The molecule has 4 rings (SSSR count). The Morgan fingerprint density at radius 1 is 1.03 bits per heavy atom. The van der Waals surface area contributed by atoms with Gasteiger partial charge in [0.05, 0.1) is 10.5 Å². The number of piperidine rings is 1. The Morgan fingerprint density at radius 2 is 1.69 bits per heavy atom. The van der Waals surface area contributed by atoms with Crippen LogP contribution >= 0.6 is 11.3 Å². The highest BCUT2D eigenvalue weighted by Gasteiger charge is 2.30. The van der Waals surface area contributed by atoms with Crippen molar-refractivity contribution in [3.05, 3.63) is 45.8 Å². The molecule has 0 radical (unpaired) electrons. The van der Waals surface area contributed by atoms with Crippen molar-refractivity contribution in [2.45, 2.75) is 37.6 Å². The second-order valence-corrected chi connectivity index (χ2v) is 12.3. The fraction of sp³-hybridized carbons (Fsp3) is 0.458. The number of sulfonamides is 1. The Labute approximate surface area is 215 Å². The first kappa shape index (κ1) is 26.3. The molecule has 194 valence electrons. The molecule has 0 bridgehead atoms. The summed E-state index contributed by atoms with van der Waals surface area (Å²) >= 11 is 1.31. The maximum absolute atomic E-state index is 13.1. The van der Waals surface area contributed by atoms with Gasteiger partial charge in [0.2, 0.25) is 10.0 Å². The van der Waals surface area contributed by atoms with Crippen LogP contribution in [0.3, 0.4) is 0 Å². The van der Waals surface area contributed by atoms with Crippen molar-refractivity contribution in [2.24, 2.45) is 5.92 Å². The van der Waals surface area contributed by atoms with Crippen molar-refractivity contribution in [1.29, 1.82) is 0 Å². The van der Waals surface area contributed by atoms with E-state index in [1.807, 2.05) is 7.05 Å². The maximum atomic E-state index is 13.1. The minimum atomic E-state index is -3.62. The van der Waals surface area contributed by atoms with Crippen molar-refractivity contribution >= 4 is 44.2 Å². The van der Waals surface area contributed by atoms with Gasteiger partial charge in [-0.3, -0.25) is 14.9 Å². The Bertz CT molecular complexity index is 1260. The molecule has 10 nitrogen and oxygen atoms in total. The number of likely N-dealkylation sites (N-methyl/N-ethyl adjacent to an activating group) is 1. The summed E-state index contributed by atoms with van der Waals surface area (Å²) in [5.41, 5.74) is 1.38. The SMILES string of the molecule is CNC(=O)NC(=O)c1c(NC(=O)c2ccc(S(=O)(=O)N3CCC(C)CC3)cc2)sc2c1CCN(C)C2. The van der Waals surface area contributed by atoms with E-state index in [-0.39, 0.29) is 10.5 Å². The summed E-state index contributed by atoms with van der Waals surface area (Å²) in [6.07, 6.45) is 2.28. The first-order chi connectivity index (χ1) is 17.1. The number of hydrogen-bond donors (Lipinski definition) is 3. The lowest BCUT2D eigenvalue weighted by Crippen LogP contribution is -2.38. The van der Waals surface area contributed by atoms with Crippen LogP contribution in [0.25, 0.3) is 0 Å². The minimum absolute atomic E-state index is 0.147. The van der Waals surface area contributed by atoms with E-state index in [1.54, 1.807) is 0 Å². The summed E-state index contributed by atoms with van der Waals surface area (Å²) in [4.78, 5) is 40.9. The van der Waals surface area contributed by atoms with E-state index in [0.717, 1.165) is 29.8 Å². The zero-order valence-corrected chi connectivity index (χ0v) is 22.2. The number of rotatable bonds is 5. The van der Waals surface area contributed by atoms with Gasteiger partial charge in [-0.2, -0.15) is 4.31 Å². The molecule has 2 aromatic rings. The van der Waals surface area contributed by atoms with Crippen LogP contribution in [0.1, 0.15) is 50.9 Å². The van der Waals surface area contributed by atoms with Crippen LogP contribution in [-0.2, 0) is 23.0 Å². The Balaban J connectivity index is 1.55. The van der Waals surface area contributed by atoms with Gasteiger partial charge in [-0.15, -0.1) is 11.3 Å². The number of nitrogens with one attached hydrogen (secondary N) is 3. The van der Waals surface area contributed by atoms with Gasteiger partial charge in [-0.25, -0.2) is 13.2 Å². The molecule has 0 spiro atoms. The molecule has 2 aliphatic rings. The van der Waals surface area contributed by atoms with Crippen LogP contribution in [0.15, 0.2) is 29.2 Å². The number of anilines is 1. The molecular formula is C24H31N5O5S2. The molecular weight excluding hydrogens is 502 g/mol. The van der Waals surface area contributed by atoms with E-state index < -0.39 is 27.9 Å². The van der Waals surface area contributed by atoms with Crippen LogP contribution in [0.5, 0.6) is 0 Å². The summed E-state index contributed by atoms with van der Waals surface area (Å²) in [6.45, 7) is 4.49. The van der Waals surface area contributed by atoms with Gasteiger partial charge < -0.3 is 15.5 Å². The third-order valence-corrected chi connectivity index (χ3v) is 9.70. The number of urea groups is 1. The van der Waals surface area contributed by atoms with Gasteiger partial charge in [-0.05, 0) is 62.1 Å². The molecule has 2 aliphatic heterocycles. The normalized spacial score (nSPS) is 17.3. The lowest BCUT2D eigenvalue weighted by molar-refractivity contribution is 0.0964. The zero-order chi connectivity index (χ0) is 26.0. The highest BCUT2D eigenvalue weighted by molar-refractivity contribution is 7.89. The minimum Gasteiger partial charge on any atom is -0.341 e. The molecule has 3 N–H and O–H groups in total. The van der Waals surface area contributed by atoms with E-state index in [4.69, 9.17) is 0 Å². The van der Waals surface area contributed by atoms with Crippen molar-refractivity contribution in [3.63, 3.8) is 0 Å². The average Bonchev–Trinajstić information content (AvgIpc) is 3.21. The van der Waals surface area contributed by atoms with Crippen LogP contribution < -0.4 is 16.0 Å². The number of imide groups is 1. The Morgan fingerprint density at radius 3 is 2.33 bits per heavy atom. The predicted molar refractivity (Wildman–Crippen MR) is 138 cm³/mol. The van der Waals surface area contributed by atoms with Gasteiger partial charge in [0.25, 0.3) is 11.8 Å². The van der Waals surface area contributed by atoms with Crippen LogP contribution in [0, 0.1) is 5.92 Å². The molecule has 1 aromatic carbocycles. The number of nitrogens with zero attached hydrogens (tertiary/aromatic N) is 2. The summed E-state index contributed by atoms with van der Waals surface area (Å²) in [7, 11) is -0.225. The second kappa shape index (κ2) is 10.7. The molecule has 4 amide bonds. The summed E-state index contributed by atoms with van der Waals surface area (Å²) in [5, 5.41) is 7.81. The fourth-order valence-corrected chi connectivity index (χ4v) is 7.21. The van der Waals surface area contributed by atoms with Gasteiger partial charge in [-0.1, -0.05) is 6.92 Å². The smallest absolute Gasteiger partial charge is 0.321 e. The number of carbonyl (C=O) groups is 3. The number of hydrogen-bond acceptors (Lipinski definition) is 7.